The summed E-state index contributed by atoms with van der Waals surface area (Å²) in [7, 11) is 0. The van der Waals surface area contributed by atoms with Gasteiger partial charge in [-0.25, -0.2) is 4.79 Å². The van der Waals surface area contributed by atoms with E-state index in [2.05, 4.69) is 6.92 Å². The molecular formula is C27H38O6. The van der Waals surface area contributed by atoms with Crippen molar-refractivity contribution in [2.45, 2.75) is 89.1 Å². The van der Waals surface area contributed by atoms with E-state index in [9.17, 15) is 4.79 Å². The van der Waals surface area contributed by atoms with Gasteiger partial charge < -0.3 is 23.7 Å². The predicted octanol–water partition coefficient (Wildman–Crippen LogP) is 4.72. The van der Waals surface area contributed by atoms with E-state index in [1.165, 1.54) is 38.5 Å². The molecule has 2 saturated carbocycles. The van der Waals surface area contributed by atoms with Crippen LogP contribution in [0.1, 0.15) is 74.2 Å². The molecule has 2 heterocycles. The van der Waals surface area contributed by atoms with Crippen molar-refractivity contribution in [3.8, 4) is 5.75 Å². The maximum absolute atomic E-state index is 12.9. The van der Waals surface area contributed by atoms with Crippen molar-refractivity contribution in [1.82, 2.24) is 0 Å². The summed E-state index contributed by atoms with van der Waals surface area (Å²) >= 11 is 0. The van der Waals surface area contributed by atoms with Gasteiger partial charge in [0.05, 0.1) is 31.5 Å². The molecule has 2 atom stereocenters. The van der Waals surface area contributed by atoms with Crippen LogP contribution in [0.5, 0.6) is 5.75 Å². The van der Waals surface area contributed by atoms with E-state index in [4.69, 9.17) is 23.7 Å². The van der Waals surface area contributed by atoms with E-state index in [-0.39, 0.29) is 18.2 Å². The maximum Gasteiger partial charge on any atom is 0.338 e. The molecule has 6 nitrogen and oxygen atoms in total. The summed E-state index contributed by atoms with van der Waals surface area (Å²) in [5, 5.41) is 0. The zero-order valence-electron chi connectivity index (χ0n) is 19.8. The fourth-order valence-electron chi connectivity index (χ4n) is 5.53. The zero-order chi connectivity index (χ0) is 22.6. The Morgan fingerprint density at radius 2 is 1.48 bits per heavy atom. The summed E-state index contributed by atoms with van der Waals surface area (Å²) in [5.74, 6) is 2.18. The lowest BCUT2D eigenvalue weighted by molar-refractivity contribution is -0.00859. The average molecular weight is 459 g/mol. The Morgan fingerprint density at radius 1 is 0.879 bits per heavy atom. The lowest BCUT2D eigenvalue weighted by atomic mass is 9.72. The van der Waals surface area contributed by atoms with Crippen LogP contribution in [0.2, 0.25) is 0 Å². The molecule has 2 unspecified atom stereocenters. The highest BCUT2D eigenvalue weighted by molar-refractivity contribution is 5.91. The first kappa shape index (κ1) is 23.1. The topological polar surface area (TPSA) is 69.8 Å². The quantitative estimate of drug-likeness (QED) is 0.373. The van der Waals surface area contributed by atoms with Crippen molar-refractivity contribution in [2.24, 2.45) is 11.8 Å². The van der Waals surface area contributed by atoms with E-state index in [0.717, 1.165) is 62.2 Å². The van der Waals surface area contributed by atoms with Gasteiger partial charge in [-0.15, -0.1) is 0 Å². The largest absolute Gasteiger partial charge is 0.491 e. The highest BCUT2D eigenvalue weighted by Crippen LogP contribution is 2.40. The lowest BCUT2D eigenvalue weighted by Gasteiger charge is -2.37. The van der Waals surface area contributed by atoms with Crippen LogP contribution in [-0.2, 0) is 25.4 Å². The van der Waals surface area contributed by atoms with Crippen LogP contribution < -0.4 is 4.74 Å². The summed E-state index contributed by atoms with van der Waals surface area (Å²) in [4.78, 5) is 12.9. The summed E-state index contributed by atoms with van der Waals surface area (Å²) in [5.41, 5.74) is 1.65. The minimum absolute atomic E-state index is 0.0413. The third-order valence-electron chi connectivity index (χ3n) is 7.81. The SMILES string of the molecule is CCc1cc(OCC2CO2)ccc1C(=O)OC1CCC(C2CCC(OCC3CO3)CC2)CC1. The predicted molar refractivity (Wildman–Crippen MR) is 124 cm³/mol. The third-order valence-corrected chi connectivity index (χ3v) is 7.81. The van der Waals surface area contributed by atoms with Crippen LogP contribution in [0, 0.1) is 11.8 Å². The van der Waals surface area contributed by atoms with Gasteiger partial charge in [0, 0.05) is 0 Å². The highest BCUT2D eigenvalue weighted by Gasteiger charge is 2.33. The Bertz CT molecular complexity index is 786. The van der Waals surface area contributed by atoms with Crippen molar-refractivity contribution < 1.29 is 28.5 Å². The van der Waals surface area contributed by atoms with Gasteiger partial charge in [0.2, 0.25) is 0 Å². The van der Waals surface area contributed by atoms with Crippen LogP contribution in [0.3, 0.4) is 0 Å². The van der Waals surface area contributed by atoms with Crippen molar-refractivity contribution >= 4 is 5.97 Å². The molecule has 4 fully saturated rings. The number of ether oxygens (including phenoxy) is 5. The van der Waals surface area contributed by atoms with Crippen molar-refractivity contribution in [1.29, 1.82) is 0 Å². The number of esters is 1. The van der Waals surface area contributed by atoms with Crippen molar-refractivity contribution in [2.75, 3.05) is 26.4 Å². The number of benzene rings is 1. The number of rotatable bonds is 10. The van der Waals surface area contributed by atoms with Crippen LogP contribution in [-0.4, -0.2) is 56.8 Å². The minimum Gasteiger partial charge on any atom is -0.491 e. The Hall–Kier alpha value is -1.63. The highest BCUT2D eigenvalue weighted by atomic mass is 16.6. The van der Waals surface area contributed by atoms with Gasteiger partial charge >= 0.3 is 5.97 Å². The second-order valence-electron chi connectivity index (χ2n) is 10.2. The second kappa shape index (κ2) is 10.7. The number of aryl methyl sites for hydroxylation is 1. The van der Waals surface area contributed by atoms with E-state index in [0.29, 0.717) is 24.4 Å². The van der Waals surface area contributed by atoms with Gasteiger partial charge in [-0.2, -0.15) is 0 Å². The van der Waals surface area contributed by atoms with Gasteiger partial charge in [0.25, 0.3) is 0 Å². The fraction of sp³-hybridized carbons (Fsp3) is 0.741. The molecule has 2 saturated heterocycles. The van der Waals surface area contributed by atoms with Gasteiger partial charge in [-0.3, -0.25) is 0 Å². The van der Waals surface area contributed by atoms with E-state index >= 15 is 0 Å². The Kier molecular flexibility index (Phi) is 7.53. The van der Waals surface area contributed by atoms with E-state index in [1.54, 1.807) is 0 Å². The Balaban J connectivity index is 1.05. The van der Waals surface area contributed by atoms with E-state index < -0.39 is 0 Å². The van der Waals surface area contributed by atoms with Crippen LogP contribution in [0.25, 0.3) is 0 Å². The Morgan fingerprint density at radius 3 is 2.09 bits per heavy atom. The number of epoxide rings is 2. The van der Waals surface area contributed by atoms with Crippen molar-refractivity contribution in [3.63, 3.8) is 0 Å². The van der Waals surface area contributed by atoms with Gasteiger partial charge in [0.15, 0.2) is 0 Å². The summed E-state index contributed by atoms with van der Waals surface area (Å²) in [6, 6.07) is 5.69. The molecule has 0 bridgehead atoms. The molecule has 0 amide bonds. The zero-order valence-corrected chi connectivity index (χ0v) is 19.8. The molecule has 6 heteroatoms. The molecule has 1 aromatic rings. The third kappa shape index (κ3) is 6.49. The van der Waals surface area contributed by atoms with E-state index in [1.807, 2.05) is 18.2 Å². The molecule has 33 heavy (non-hydrogen) atoms. The van der Waals surface area contributed by atoms with Crippen LogP contribution in [0.4, 0.5) is 0 Å². The number of hydrogen-bond acceptors (Lipinski definition) is 6. The summed E-state index contributed by atoms with van der Waals surface area (Å²) < 4.78 is 28.2. The first-order valence-corrected chi connectivity index (χ1v) is 13.0. The van der Waals surface area contributed by atoms with Gasteiger partial charge in [-0.1, -0.05) is 6.92 Å². The first-order chi connectivity index (χ1) is 16.2. The van der Waals surface area contributed by atoms with Crippen molar-refractivity contribution in [3.05, 3.63) is 29.3 Å². The van der Waals surface area contributed by atoms with Gasteiger partial charge in [0.1, 0.15) is 30.7 Å². The molecule has 0 aromatic heterocycles. The Labute approximate surface area is 197 Å². The normalized spacial score (nSPS) is 33.4. The number of carbonyl (C=O) groups is 1. The number of carbonyl (C=O) groups excluding carboxylic acids is 1. The molecule has 2 aliphatic heterocycles. The van der Waals surface area contributed by atoms with Crippen LogP contribution in [0.15, 0.2) is 18.2 Å². The summed E-state index contributed by atoms with van der Waals surface area (Å²) in [6.45, 7) is 5.06. The smallest absolute Gasteiger partial charge is 0.338 e. The fourth-order valence-corrected chi connectivity index (χ4v) is 5.53. The standard InChI is InChI=1S/C27H38O6/c1-2-18-13-23(30-15-25-17-32-25)11-12-26(18)27(28)33-22-9-5-20(6-10-22)19-3-7-21(8-4-19)29-14-24-16-31-24/h11-13,19-22,24-25H,2-10,14-17H2,1H3. The molecular weight excluding hydrogens is 420 g/mol. The molecule has 0 spiro atoms. The average Bonchev–Trinajstić information content (AvgIpc) is 3.77. The number of hydrogen-bond donors (Lipinski definition) is 0. The first-order valence-electron chi connectivity index (χ1n) is 13.0. The van der Waals surface area contributed by atoms with Crippen LogP contribution >= 0.6 is 0 Å². The lowest BCUT2D eigenvalue weighted by Crippen LogP contribution is -2.31. The summed E-state index contributed by atoms with van der Waals surface area (Å²) in [6.07, 6.45) is 11.0. The molecule has 0 radical (unpaired) electrons. The molecule has 182 valence electrons. The molecule has 5 rings (SSSR count). The molecule has 0 N–H and O–H groups in total. The maximum atomic E-state index is 12.9. The molecule has 4 aliphatic rings. The second-order valence-corrected chi connectivity index (χ2v) is 10.2. The molecule has 2 aliphatic carbocycles. The van der Waals surface area contributed by atoms with Gasteiger partial charge in [-0.05, 0) is 93.4 Å². The monoisotopic (exact) mass is 458 g/mol. The minimum atomic E-state index is -0.190. The molecule has 1 aromatic carbocycles.